The molecule has 0 bridgehead atoms. The van der Waals surface area contributed by atoms with Crippen molar-refractivity contribution in [1.29, 1.82) is 0 Å². The topological polar surface area (TPSA) is 97.2 Å². The lowest BCUT2D eigenvalue weighted by Gasteiger charge is -2.14. The number of carbonyl (C=O) groups is 1. The first-order valence-corrected chi connectivity index (χ1v) is 9.48. The van der Waals surface area contributed by atoms with Gasteiger partial charge in [0.25, 0.3) is 0 Å². The first-order valence-electron chi connectivity index (χ1n) is 9.48. The molecule has 0 aliphatic carbocycles. The van der Waals surface area contributed by atoms with Crippen LogP contribution in [0.4, 0.5) is 5.69 Å². The summed E-state index contributed by atoms with van der Waals surface area (Å²) in [7, 11) is 1.32. The number of benzene rings is 2. The summed E-state index contributed by atoms with van der Waals surface area (Å²) >= 11 is 0. The third-order valence-corrected chi connectivity index (χ3v) is 5.01. The van der Waals surface area contributed by atoms with Gasteiger partial charge in [-0.2, -0.15) is 0 Å². The van der Waals surface area contributed by atoms with Crippen LogP contribution in [0, 0.1) is 13.8 Å². The number of methoxy groups -OCH3 is 1. The van der Waals surface area contributed by atoms with E-state index in [2.05, 4.69) is 15.5 Å². The van der Waals surface area contributed by atoms with Crippen molar-refractivity contribution in [1.82, 2.24) is 10.1 Å². The molecule has 152 valence electrons. The number of esters is 1. The van der Waals surface area contributed by atoms with Gasteiger partial charge in [-0.3, -0.25) is 4.79 Å². The van der Waals surface area contributed by atoms with Crippen LogP contribution in [0.25, 0.3) is 22.0 Å². The Morgan fingerprint density at radius 1 is 1.17 bits per heavy atom. The summed E-state index contributed by atoms with van der Waals surface area (Å²) in [4.78, 5) is 27.6. The van der Waals surface area contributed by atoms with Gasteiger partial charge in [-0.15, -0.1) is 0 Å². The fraction of sp³-hybridized carbons (Fsp3) is 0.174. The van der Waals surface area contributed by atoms with Crippen molar-refractivity contribution in [3.8, 4) is 11.1 Å². The lowest BCUT2D eigenvalue weighted by atomic mass is 9.95. The molecule has 2 N–H and O–H groups in total. The van der Waals surface area contributed by atoms with Gasteiger partial charge in [0.05, 0.1) is 23.9 Å². The number of anilines is 1. The van der Waals surface area contributed by atoms with E-state index in [-0.39, 0.29) is 5.56 Å². The molecule has 0 spiro atoms. The highest BCUT2D eigenvalue weighted by Gasteiger charge is 2.21. The maximum Gasteiger partial charge on any atom is 0.338 e. The molecule has 0 radical (unpaired) electrons. The number of fused-ring (bicyclic) bond motifs is 1. The summed E-state index contributed by atoms with van der Waals surface area (Å²) in [5, 5.41) is 8.12. The number of hydrogen-bond acceptors (Lipinski definition) is 6. The summed E-state index contributed by atoms with van der Waals surface area (Å²) in [5.41, 5.74) is 4.39. The Hall–Kier alpha value is -3.87. The minimum absolute atomic E-state index is 0.265. The zero-order valence-corrected chi connectivity index (χ0v) is 16.9. The van der Waals surface area contributed by atoms with Crippen LogP contribution >= 0.6 is 0 Å². The van der Waals surface area contributed by atoms with Gasteiger partial charge in [0.2, 0.25) is 5.56 Å². The Morgan fingerprint density at radius 2 is 1.93 bits per heavy atom. The molecular formula is C23H21N3O4. The molecule has 0 saturated carbocycles. The van der Waals surface area contributed by atoms with Crippen molar-refractivity contribution < 1.29 is 14.1 Å². The molecule has 7 heteroatoms. The van der Waals surface area contributed by atoms with E-state index in [1.165, 1.54) is 13.2 Å². The van der Waals surface area contributed by atoms with Crippen LogP contribution in [0.15, 0.2) is 57.8 Å². The summed E-state index contributed by atoms with van der Waals surface area (Å²) in [6.45, 7) is 4.17. The van der Waals surface area contributed by atoms with Crippen LogP contribution < -0.4 is 10.9 Å². The molecule has 30 heavy (non-hydrogen) atoms. The van der Waals surface area contributed by atoms with Gasteiger partial charge in [-0.1, -0.05) is 35.5 Å². The standard InChI is InChI=1S/C23H21N3O4/c1-13-22(14(2)30-26-13)16-9-18-19(24-12-15-7-5-4-6-8-15)11-21(27)25-20(18)10-17(16)23(28)29-3/h4-11H,12H2,1-3H3,(H2,24,25,27). The number of aryl methyl sites for hydroxylation is 2. The number of aromatic nitrogens is 2. The molecule has 0 unspecified atom stereocenters. The van der Waals surface area contributed by atoms with Gasteiger partial charge in [-0.05, 0) is 31.5 Å². The lowest BCUT2D eigenvalue weighted by Crippen LogP contribution is -2.11. The summed E-state index contributed by atoms with van der Waals surface area (Å²) in [6, 6.07) is 14.9. The van der Waals surface area contributed by atoms with Crippen molar-refractivity contribution in [2.45, 2.75) is 20.4 Å². The molecular weight excluding hydrogens is 382 g/mol. The summed E-state index contributed by atoms with van der Waals surface area (Å²) < 4.78 is 10.3. The maximum atomic E-state index is 12.5. The van der Waals surface area contributed by atoms with E-state index in [0.717, 1.165) is 16.5 Å². The normalized spacial score (nSPS) is 10.9. The van der Waals surface area contributed by atoms with Crippen molar-refractivity contribution in [3.05, 3.63) is 81.5 Å². The molecule has 4 aromatic rings. The fourth-order valence-electron chi connectivity index (χ4n) is 3.60. The Bertz CT molecular complexity index is 1270. The van der Waals surface area contributed by atoms with E-state index < -0.39 is 5.97 Å². The SMILES string of the molecule is COC(=O)c1cc2[nH]c(=O)cc(NCc3ccccc3)c2cc1-c1c(C)noc1C. The third kappa shape index (κ3) is 3.57. The molecule has 0 aliphatic rings. The third-order valence-electron chi connectivity index (χ3n) is 5.01. The van der Waals surface area contributed by atoms with Crippen LogP contribution in [0.3, 0.4) is 0 Å². The molecule has 0 amide bonds. The van der Waals surface area contributed by atoms with Crippen molar-refractivity contribution in [3.63, 3.8) is 0 Å². The van der Waals surface area contributed by atoms with Crippen molar-refractivity contribution >= 4 is 22.6 Å². The number of aromatic amines is 1. The Morgan fingerprint density at radius 3 is 2.60 bits per heavy atom. The average molecular weight is 403 g/mol. The van der Waals surface area contributed by atoms with Gasteiger partial charge < -0.3 is 19.6 Å². The maximum absolute atomic E-state index is 12.5. The quantitative estimate of drug-likeness (QED) is 0.485. The molecule has 2 aromatic carbocycles. The molecule has 0 atom stereocenters. The highest BCUT2D eigenvalue weighted by atomic mass is 16.5. The van der Waals surface area contributed by atoms with E-state index in [0.29, 0.717) is 40.3 Å². The van der Waals surface area contributed by atoms with Crippen LogP contribution in [0.1, 0.15) is 27.4 Å². The number of ether oxygens (including phenoxy) is 1. The number of nitrogens with zero attached hydrogens (tertiary/aromatic N) is 1. The van der Waals surface area contributed by atoms with E-state index in [9.17, 15) is 9.59 Å². The van der Waals surface area contributed by atoms with E-state index in [1.807, 2.05) is 43.3 Å². The molecule has 7 nitrogen and oxygen atoms in total. The molecule has 0 aliphatic heterocycles. The highest BCUT2D eigenvalue weighted by Crippen LogP contribution is 2.35. The second-order valence-electron chi connectivity index (χ2n) is 7.02. The fourth-order valence-corrected chi connectivity index (χ4v) is 3.60. The Labute approximate surface area is 172 Å². The first kappa shape index (κ1) is 19.4. The predicted octanol–water partition coefficient (Wildman–Crippen LogP) is 4.20. The number of carbonyl (C=O) groups excluding carboxylic acids is 1. The lowest BCUT2D eigenvalue weighted by molar-refractivity contribution is 0.0602. The van der Waals surface area contributed by atoms with Crippen molar-refractivity contribution in [2.75, 3.05) is 12.4 Å². The zero-order valence-electron chi connectivity index (χ0n) is 16.9. The average Bonchev–Trinajstić information content (AvgIpc) is 3.09. The number of H-pyrrole nitrogens is 1. The molecule has 4 rings (SSSR count). The number of hydrogen-bond donors (Lipinski definition) is 2. The van der Waals surface area contributed by atoms with E-state index >= 15 is 0 Å². The van der Waals surface area contributed by atoms with Crippen LogP contribution in [0.5, 0.6) is 0 Å². The monoisotopic (exact) mass is 403 g/mol. The number of rotatable bonds is 5. The molecule has 2 heterocycles. The van der Waals surface area contributed by atoms with E-state index in [4.69, 9.17) is 9.26 Å². The largest absolute Gasteiger partial charge is 0.465 e. The smallest absolute Gasteiger partial charge is 0.338 e. The molecule has 0 fully saturated rings. The van der Waals surface area contributed by atoms with E-state index in [1.54, 1.807) is 13.0 Å². The predicted molar refractivity (Wildman–Crippen MR) is 115 cm³/mol. The van der Waals surface area contributed by atoms with Crippen molar-refractivity contribution in [2.24, 2.45) is 0 Å². The zero-order chi connectivity index (χ0) is 21.3. The second kappa shape index (κ2) is 7.87. The summed E-state index contributed by atoms with van der Waals surface area (Å²) in [6.07, 6.45) is 0. The Balaban J connectivity index is 1.91. The molecule has 2 aromatic heterocycles. The van der Waals surface area contributed by atoms with Crippen LogP contribution in [-0.4, -0.2) is 23.2 Å². The van der Waals surface area contributed by atoms with Gasteiger partial charge >= 0.3 is 5.97 Å². The van der Waals surface area contributed by atoms with Gasteiger partial charge in [0.1, 0.15) is 5.76 Å². The molecule has 0 saturated heterocycles. The first-order chi connectivity index (χ1) is 14.5. The minimum atomic E-state index is -0.504. The van der Waals surface area contributed by atoms with Gasteiger partial charge in [0.15, 0.2) is 0 Å². The van der Waals surface area contributed by atoms with Crippen LogP contribution in [0.2, 0.25) is 0 Å². The second-order valence-corrected chi connectivity index (χ2v) is 7.02. The summed E-state index contributed by atoms with van der Waals surface area (Å²) in [5.74, 6) is 0.0932. The van der Waals surface area contributed by atoms with Gasteiger partial charge in [-0.25, -0.2) is 4.79 Å². The highest BCUT2D eigenvalue weighted by molar-refractivity contribution is 6.05. The van der Waals surface area contributed by atoms with Crippen LogP contribution in [-0.2, 0) is 11.3 Å². The Kier molecular flexibility index (Phi) is 5.10. The number of pyridine rings is 1. The van der Waals surface area contributed by atoms with Gasteiger partial charge in [0, 0.05) is 34.8 Å². The minimum Gasteiger partial charge on any atom is -0.465 e. The number of nitrogens with one attached hydrogen (secondary N) is 2.